The van der Waals surface area contributed by atoms with E-state index < -0.39 is 29.6 Å². The average molecular weight is 543 g/mol. The molecule has 0 aromatic heterocycles. The Balaban J connectivity index is 1.70. The van der Waals surface area contributed by atoms with Crippen LogP contribution in [0.5, 0.6) is 5.75 Å². The van der Waals surface area contributed by atoms with Crippen molar-refractivity contribution in [2.75, 3.05) is 7.11 Å². The van der Waals surface area contributed by atoms with Gasteiger partial charge in [-0.15, -0.1) is 0 Å². The number of ether oxygens (including phenoxy) is 3. The van der Waals surface area contributed by atoms with Crippen LogP contribution < -0.4 is 4.74 Å². The maximum absolute atomic E-state index is 14.3. The van der Waals surface area contributed by atoms with E-state index in [2.05, 4.69) is 15.9 Å². The molecule has 0 N–H and O–H groups in total. The van der Waals surface area contributed by atoms with Crippen LogP contribution in [0.2, 0.25) is 0 Å². The van der Waals surface area contributed by atoms with Gasteiger partial charge in [-0.05, 0) is 29.8 Å². The minimum absolute atomic E-state index is 0.361. The number of halogens is 1. The van der Waals surface area contributed by atoms with Crippen LogP contribution >= 0.6 is 15.9 Å². The van der Waals surface area contributed by atoms with Crippen molar-refractivity contribution in [1.29, 1.82) is 0 Å². The number of carbonyl (C=O) groups excluding carboxylic acids is 2. The molecule has 1 aliphatic heterocycles. The van der Waals surface area contributed by atoms with E-state index in [1.165, 1.54) is 0 Å². The van der Waals surface area contributed by atoms with Crippen LogP contribution in [-0.4, -0.2) is 24.3 Å². The zero-order valence-corrected chi connectivity index (χ0v) is 21.1. The first-order valence-electron chi connectivity index (χ1n) is 11.5. The number of ketones is 2. The molecular weight excluding hydrogens is 520 g/mol. The van der Waals surface area contributed by atoms with Gasteiger partial charge in [0.05, 0.1) is 7.11 Å². The largest absolute Gasteiger partial charge is 0.497 e. The van der Waals surface area contributed by atoms with E-state index in [9.17, 15) is 9.59 Å². The molecule has 1 fully saturated rings. The van der Waals surface area contributed by atoms with E-state index in [-0.39, 0.29) is 0 Å². The van der Waals surface area contributed by atoms with Gasteiger partial charge in [0, 0.05) is 21.2 Å². The summed E-state index contributed by atoms with van der Waals surface area (Å²) in [6.45, 7) is 0. The molecule has 1 aliphatic rings. The number of methoxy groups -OCH3 is 1. The van der Waals surface area contributed by atoms with Gasteiger partial charge in [0.1, 0.15) is 11.9 Å². The van der Waals surface area contributed by atoms with Gasteiger partial charge in [-0.25, -0.2) is 0 Å². The van der Waals surface area contributed by atoms with E-state index in [4.69, 9.17) is 14.2 Å². The van der Waals surface area contributed by atoms with Gasteiger partial charge in [0.2, 0.25) is 17.2 Å². The predicted octanol–water partition coefficient (Wildman–Crippen LogP) is 6.75. The first kappa shape index (κ1) is 24.1. The minimum Gasteiger partial charge on any atom is -0.497 e. The number of rotatable bonds is 7. The Kier molecular flexibility index (Phi) is 6.83. The zero-order chi connectivity index (χ0) is 25.1. The molecule has 0 bridgehead atoms. The van der Waals surface area contributed by atoms with Crippen LogP contribution in [0.1, 0.15) is 44.2 Å². The van der Waals surface area contributed by atoms with E-state index in [1.807, 2.05) is 36.4 Å². The van der Waals surface area contributed by atoms with Gasteiger partial charge in [0.25, 0.3) is 0 Å². The maximum Gasteiger partial charge on any atom is 0.226 e. The summed E-state index contributed by atoms with van der Waals surface area (Å²) in [4.78, 5) is 28.5. The molecule has 0 amide bonds. The van der Waals surface area contributed by atoms with Crippen molar-refractivity contribution < 1.29 is 23.8 Å². The number of hydrogen-bond acceptors (Lipinski definition) is 5. The number of Topliss-reactive ketones (excluding diaryl/α,β-unsaturated/α-hetero) is 2. The molecule has 1 saturated heterocycles. The highest BCUT2D eigenvalue weighted by molar-refractivity contribution is 9.10. The van der Waals surface area contributed by atoms with Crippen molar-refractivity contribution in [3.63, 3.8) is 0 Å². The maximum atomic E-state index is 14.3. The first-order valence-corrected chi connectivity index (χ1v) is 12.2. The Bertz CT molecular complexity index is 1300. The molecule has 36 heavy (non-hydrogen) atoms. The summed E-state index contributed by atoms with van der Waals surface area (Å²) in [6.07, 6.45) is -1.94. The molecule has 4 aromatic rings. The highest BCUT2D eigenvalue weighted by Crippen LogP contribution is 2.50. The predicted molar refractivity (Wildman–Crippen MR) is 139 cm³/mol. The molecule has 0 saturated carbocycles. The summed E-state index contributed by atoms with van der Waals surface area (Å²) in [5.74, 6) is -0.272. The molecule has 180 valence electrons. The normalized spacial score (nSPS) is 18.5. The van der Waals surface area contributed by atoms with Gasteiger partial charge in [-0.2, -0.15) is 0 Å². The minimum atomic E-state index is -1.95. The molecule has 1 heterocycles. The third kappa shape index (κ3) is 4.39. The van der Waals surface area contributed by atoms with Gasteiger partial charge in [-0.1, -0.05) is 101 Å². The zero-order valence-electron chi connectivity index (χ0n) is 19.5. The summed E-state index contributed by atoms with van der Waals surface area (Å²) in [5, 5.41) is 0. The first-order chi connectivity index (χ1) is 17.5. The third-order valence-corrected chi connectivity index (χ3v) is 6.76. The van der Waals surface area contributed by atoms with Crippen LogP contribution in [0.3, 0.4) is 0 Å². The lowest BCUT2D eigenvalue weighted by atomic mass is 9.78. The summed E-state index contributed by atoms with van der Waals surface area (Å²) >= 11 is 3.44. The Morgan fingerprint density at radius 3 is 1.72 bits per heavy atom. The van der Waals surface area contributed by atoms with E-state index in [0.29, 0.717) is 28.0 Å². The molecule has 6 heteroatoms. The van der Waals surface area contributed by atoms with Crippen molar-refractivity contribution in [2.24, 2.45) is 0 Å². The number of hydrogen-bond donors (Lipinski definition) is 0. The van der Waals surface area contributed by atoms with Crippen molar-refractivity contribution in [1.82, 2.24) is 0 Å². The highest BCUT2D eigenvalue weighted by Gasteiger charge is 2.61. The van der Waals surface area contributed by atoms with Crippen LogP contribution in [0, 0.1) is 0 Å². The van der Waals surface area contributed by atoms with E-state index >= 15 is 0 Å². The average Bonchev–Trinajstić information content (AvgIpc) is 3.35. The monoisotopic (exact) mass is 542 g/mol. The van der Waals surface area contributed by atoms with Crippen LogP contribution in [-0.2, 0) is 9.47 Å². The summed E-state index contributed by atoms with van der Waals surface area (Å²) < 4.78 is 19.1. The van der Waals surface area contributed by atoms with Gasteiger partial charge >= 0.3 is 0 Å². The van der Waals surface area contributed by atoms with Crippen LogP contribution in [0.15, 0.2) is 114 Å². The molecule has 5 nitrogen and oxygen atoms in total. The van der Waals surface area contributed by atoms with Crippen LogP contribution in [0.4, 0.5) is 0 Å². The van der Waals surface area contributed by atoms with Gasteiger partial charge < -0.3 is 14.2 Å². The molecule has 0 aliphatic carbocycles. The molecule has 0 unspecified atom stereocenters. The van der Waals surface area contributed by atoms with Crippen molar-refractivity contribution in [2.45, 2.75) is 18.0 Å². The molecule has 5 rings (SSSR count). The fourth-order valence-electron chi connectivity index (χ4n) is 4.39. The van der Waals surface area contributed by atoms with Crippen molar-refractivity contribution in [3.05, 3.63) is 136 Å². The van der Waals surface area contributed by atoms with E-state index in [0.717, 1.165) is 4.47 Å². The Morgan fingerprint density at radius 2 is 1.22 bits per heavy atom. The second-order valence-corrected chi connectivity index (χ2v) is 9.33. The summed E-state index contributed by atoms with van der Waals surface area (Å²) in [5.41, 5.74) is 0.0969. The molecule has 0 radical (unpaired) electrons. The summed E-state index contributed by atoms with van der Waals surface area (Å²) in [7, 11) is 1.58. The Labute approximate surface area is 217 Å². The lowest BCUT2D eigenvalue weighted by Crippen LogP contribution is -2.50. The van der Waals surface area contributed by atoms with E-state index in [1.54, 1.807) is 79.9 Å². The fraction of sp³-hybridized carbons (Fsp3) is 0.133. The number of carbonyl (C=O) groups is 2. The lowest BCUT2D eigenvalue weighted by Gasteiger charge is -2.30. The Hall–Kier alpha value is -3.58. The Morgan fingerprint density at radius 1 is 0.722 bits per heavy atom. The number of benzene rings is 4. The smallest absolute Gasteiger partial charge is 0.226 e. The molecular formula is C30H23BrO5. The fourth-order valence-corrected chi connectivity index (χ4v) is 4.66. The summed E-state index contributed by atoms with van der Waals surface area (Å²) in [6, 6.07) is 32.0. The highest BCUT2D eigenvalue weighted by atomic mass is 79.9. The standard InChI is InChI=1S/C30H23BrO5/c1-34-25-18-14-22(15-19-25)28-30(26(32)20-8-4-2-5-9-20,27(33)21-10-6-3-7-11-21)36-29(35-28)23-12-16-24(31)17-13-23/h2-19,28-29H,1H3/t28-,29-/m1/s1. The SMILES string of the molecule is COc1ccc([C@H]2O[C@@H](c3ccc(Br)cc3)OC2(C(=O)c2ccccc2)C(=O)c2ccccc2)cc1. The second-order valence-electron chi connectivity index (χ2n) is 8.42. The topological polar surface area (TPSA) is 61.8 Å². The van der Waals surface area contributed by atoms with Crippen molar-refractivity contribution in [3.8, 4) is 5.75 Å². The second kappa shape index (κ2) is 10.2. The van der Waals surface area contributed by atoms with Gasteiger partial charge in [-0.3, -0.25) is 9.59 Å². The molecule has 0 spiro atoms. The van der Waals surface area contributed by atoms with Crippen LogP contribution in [0.25, 0.3) is 0 Å². The molecule has 2 atom stereocenters. The van der Waals surface area contributed by atoms with Gasteiger partial charge in [0.15, 0.2) is 6.29 Å². The third-order valence-electron chi connectivity index (χ3n) is 6.23. The van der Waals surface area contributed by atoms with Crippen molar-refractivity contribution >= 4 is 27.5 Å². The quantitative estimate of drug-likeness (QED) is 0.191. The lowest BCUT2D eigenvalue weighted by molar-refractivity contribution is -0.0768. The molecule has 4 aromatic carbocycles.